The monoisotopic (exact) mass is 283 g/mol. The molecule has 0 radical (unpaired) electrons. The lowest BCUT2D eigenvalue weighted by Gasteiger charge is -2.03. The van der Waals surface area contributed by atoms with Gasteiger partial charge in [0.15, 0.2) is 0 Å². The fourth-order valence-electron chi connectivity index (χ4n) is 2.33. The van der Waals surface area contributed by atoms with Crippen LogP contribution in [0.3, 0.4) is 0 Å². The van der Waals surface area contributed by atoms with Crippen LogP contribution < -0.4 is 0 Å². The molecular formula is C17H14ClNO. The molecule has 0 spiro atoms. The van der Waals surface area contributed by atoms with Gasteiger partial charge in [0, 0.05) is 29.6 Å². The molecule has 0 atom stereocenters. The second kappa shape index (κ2) is 5.51. The molecular weight excluding hydrogens is 270 g/mol. The lowest BCUT2D eigenvalue weighted by atomic mass is 10.0. The summed E-state index contributed by atoms with van der Waals surface area (Å²) in [4.78, 5) is 15.2. The molecule has 3 aromatic rings. The lowest BCUT2D eigenvalue weighted by Crippen LogP contribution is -2.06. The Bertz CT molecular complexity index is 743. The molecule has 0 aliphatic carbocycles. The number of H-pyrrole nitrogens is 1. The van der Waals surface area contributed by atoms with E-state index in [9.17, 15) is 4.79 Å². The van der Waals surface area contributed by atoms with Crippen LogP contribution in [0, 0.1) is 0 Å². The van der Waals surface area contributed by atoms with E-state index in [1.165, 1.54) is 0 Å². The lowest BCUT2D eigenvalue weighted by molar-refractivity contribution is -0.117. The number of aromatic amines is 1. The summed E-state index contributed by atoms with van der Waals surface area (Å²) in [6.45, 7) is 0. The van der Waals surface area contributed by atoms with Crippen LogP contribution in [0.15, 0.2) is 54.7 Å². The van der Waals surface area contributed by atoms with Gasteiger partial charge in [0.2, 0.25) is 0 Å². The molecule has 0 saturated heterocycles. The number of Topliss-reactive ketones (excluding diaryl/α,β-unsaturated/α-hetero) is 1. The number of hydrogen-bond acceptors (Lipinski definition) is 1. The maximum absolute atomic E-state index is 12.1. The highest BCUT2D eigenvalue weighted by Crippen LogP contribution is 2.16. The van der Waals surface area contributed by atoms with Gasteiger partial charge in [-0.1, -0.05) is 29.8 Å². The van der Waals surface area contributed by atoms with Crippen molar-refractivity contribution in [2.75, 3.05) is 0 Å². The number of benzene rings is 2. The smallest absolute Gasteiger partial charge is 0.141 e. The summed E-state index contributed by atoms with van der Waals surface area (Å²) in [5, 5.41) is 1.83. The van der Waals surface area contributed by atoms with Crippen molar-refractivity contribution in [2.24, 2.45) is 0 Å². The van der Waals surface area contributed by atoms with Gasteiger partial charge >= 0.3 is 0 Å². The van der Waals surface area contributed by atoms with Gasteiger partial charge in [-0.2, -0.15) is 0 Å². The minimum absolute atomic E-state index is 0.210. The number of carbonyl (C=O) groups excluding carboxylic acids is 1. The Balaban J connectivity index is 1.70. The summed E-state index contributed by atoms with van der Waals surface area (Å²) in [7, 11) is 0. The van der Waals surface area contributed by atoms with Crippen molar-refractivity contribution in [1.29, 1.82) is 0 Å². The molecule has 1 N–H and O–H groups in total. The molecule has 0 fully saturated rings. The number of hydrogen-bond donors (Lipinski definition) is 1. The first-order chi connectivity index (χ1) is 9.70. The topological polar surface area (TPSA) is 32.9 Å². The maximum atomic E-state index is 12.1. The molecule has 3 rings (SSSR count). The van der Waals surface area contributed by atoms with Gasteiger partial charge in [0.25, 0.3) is 0 Å². The van der Waals surface area contributed by atoms with E-state index in [0.29, 0.717) is 17.9 Å². The fourth-order valence-corrected chi connectivity index (χ4v) is 2.46. The number of carbonyl (C=O) groups is 1. The number of halogens is 1. The van der Waals surface area contributed by atoms with Crippen LogP contribution in [0.25, 0.3) is 10.9 Å². The van der Waals surface area contributed by atoms with E-state index in [0.717, 1.165) is 22.0 Å². The molecule has 2 aromatic carbocycles. The first kappa shape index (κ1) is 12.9. The van der Waals surface area contributed by atoms with Crippen molar-refractivity contribution in [3.05, 3.63) is 70.9 Å². The van der Waals surface area contributed by atoms with E-state index >= 15 is 0 Å². The largest absolute Gasteiger partial charge is 0.361 e. The van der Waals surface area contributed by atoms with Gasteiger partial charge in [0.05, 0.1) is 0 Å². The van der Waals surface area contributed by atoms with Crippen LogP contribution in [0.2, 0.25) is 5.02 Å². The third kappa shape index (κ3) is 2.91. The fraction of sp³-hybridized carbons (Fsp3) is 0.118. The standard InChI is InChI=1S/C17H14ClNO/c18-15-4-1-12(2-5-15)10-16(20)11-13-3-6-17-14(9-13)7-8-19-17/h1-9,19H,10-11H2. The summed E-state index contributed by atoms with van der Waals surface area (Å²) in [5.41, 5.74) is 3.15. The Labute approximate surface area is 122 Å². The molecule has 3 heteroatoms. The highest BCUT2D eigenvalue weighted by molar-refractivity contribution is 6.30. The van der Waals surface area contributed by atoms with Gasteiger partial charge in [0.1, 0.15) is 5.78 Å². The summed E-state index contributed by atoms with van der Waals surface area (Å²) in [5.74, 6) is 0.210. The zero-order valence-corrected chi connectivity index (χ0v) is 11.7. The molecule has 0 unspecified atom stereocenters. The Kier molecular flexibility index (Phi) is 3.57. The molecule has 20 heavy (non-hydrogen) atoms. The van der Waals surface area contributed by atoms with Gasteiger partial charge in [-0.05, 0) is 46.8 Å². The van der Waals surface area contributed by atoms with Crippen molar-refractivity contribution in [3.63, 3.8) is 0 Å². The molecule has 0 aliphatic heterocycles. The van der Waals surface area contributed by atoms with E-state index < -0.39 is 0 Å². The number of rotatable bonds is 4. The predicted molar refractivity (Wildman–Crippen MR) is 82.2 cm³/mol. The minimum atomic E-state index is 0.210. The summed E-state index contributed by atoms with van der Waals surface area (Å²) in [6.07, 6.45) is 2.82. The normalized spacial score (nSPS) is 10.8. The third-order valence-corrected chi connectivity index (χ3v) is 3.59. The number of aromatic nitrogens is 1. The van der Waals surface area contributed by atoms with Crippen LogP contribution in [0.1, 0.15) is 11.1 Å². The average Bonchev–Trinajstić information content (AvgIpc) is 2.89. The molecule has 0 amide bonds. The first-order valence-electron chi connectivity index (χ1n) is 6.53. The number of nitrogens with one attached hydrogen (secondary N) is 1. The van der Waals surface area contributed by atoms with Crippen molar-refractivity contribution < 1.29 is 4.79 Å². The van der Waals surface area contributed by atoms with E-state index in [1.807, 2.05) is 48.7 Å². The van der Waals surface area contributed by atoms with Crippen LogP contribution in [-0.2, 0) is 17.6 Å². The van der Waals surface area contributed by atoms with Crippen LogP contribution in [-0.4, -0.2) is 10.8 Å². The average molecular weight is 284 g/mol. The molecule has 0 saturated carbocycles. The molecule has 1 aromatic heterocycles. The second-order valence-electron chi connectivity index (χ2n) is 4.92. The summed E-state index contributed by atoms with van der Waals surface area (Å²) < 4.78 is 0. The van der Waals surface area contributed by atoms with Crippen molar-refractivity contribution in [3.8, 4) is 0 Å². The van der Waals surface area contributed by atoms with Crippen molar-refractivity contribution in [2.45, 2.75) is 12.8 Å². The van der Waals surface area contributed by atoms with E-state index in [-0.39, 0.29) is 5.78 Å². The first-order valence-corrected chi connectivity index (χ1v) is 6.91. The van der Waals surface area contributed by atoms with Crippen LogP contribution in [0.5, 0.6) is 0 Å². The summed E-state index contributed by atoms with van der Waals surface area (Å²) in [6, 6.07) is 15.5. The number of ketones is 1. The minimum Gasteiger partial charge on any atom is -0.361 e. The van der Waals surface area contributed by atoms with Crippen LogP contribution in [0.4, 0.5) is 0 Å². The zero-order chi connectivity index (χ0) is 13.9. The van der Waals surface area contributed by atoms with E-state index in [2.05, 4.69) is 11.1 Å². The highest BCUT2D eigenvalue weighted by Gasteiger charge is 2.06. The van der Waals surface area contributed by atoms with Crippen molar-refractivity contribution in [1.82, 2.24) is 4.98 Å². The Morgan fingerprint density at radius 3 is 2.45 bits per heavy atom. The third-order valence-electron chi connectivity index (χ3n) is 3.33. The molecule has 0 bridgehead atoms. The van der Waals surface area contributed by atoms with E-state index in [1.54, 1.807) is 0 Å². The van der Waals surface area contributed by atoms with E-state index in [4.69, 9.17) is 11.6 Å². The molecule has 2 nitrogen and oxygen atoms in total. The van der Waals surface area contributed by atoms with Crippen molar-refractivity contribution >= 4 is 28.3 Å². The van der Waals surface area contributed by atoms with Crippen LogP contribution >= 0.6 is 11.6 Å². The Morgan fingerprint density at radius 2 is 1.65 bits per heavy atom. The van der Waals surface area contributed by atoms with Gasteiger partial charge in [-0.3, -0.25) is 4.79 Å². The Morgan fingerprint density at radius 1 is 0.950 bits per heavy atom. The van der Waals surface area contributed by atoms with Gasteiger partial charge in [-0.25, -0.2) is 0 Å². The molecule has 1 heterocycles. The Hall–Kier alpha value is -2.06. The molecule has 100 valence electrons. The maximum Gasteiger partial charge on any atom is 0.141 e. The summed E-state index contributed by atoms with van der Waals surface area (Å²) >= 11 is 5.83. The zero-order valence-electron chi connectivity index (χ0n) is 10.9. The second-order valence-corrected chi connectivity index (χ2v) is 5.35. The SMILES string of the molecule is O=C(Cc1ccc(Cl)cc1)Cc1ccc2[nH]ccc2c1. The van der Waals surface area contributed by atoms with Gasteiger partial charge < -0.3 is 4.98 Å². The predicted octanol–water partition coefficient (Wildman–Crippen LogP) is 4.18. The van der Waals surface area contributed by atoms with Gasteiger partial charge in [-0.15, -0.1) is 0 Å². The quantitative estimate of drug-likeness (QED) is 0.766. The highest BCUT2D eigenvalue weighted by atomic mass is 35.5. The number of fused-ring (bicyclic) bond motifs is 1. The molecule has 0 aliphatic rings.